The molecular weight excluding hydrogens is 239 g/mol. The Morgan fingerprint density at radius 3 is 2.30 bits per heavy atom. The van der Waals surface area contributed by atoms with Gasteiger partial charge in [-0.2, -0.15) is 0 Å². The van der Waals surface area contributed by atoms with Crippen LogP contribution >= 0.6 is 22.6 Å². The number of rotatable bonds is 5. The summed E-state index contributed by atoms with van der Waals surface area (Å²) in [5.41, 5.74) is 0.129. The van der Waals surface area contributed by atoms with E-state index in [2.05, 4.69) is 43.4 Å². The standard InChI is InChI=1S/C8H17IO/c1-4-6-8(3,7-9)10-5-2/h4-7H2,1-3H3. The highest BCUT2D eigenvalue weighted by molar-refractivity contribution is 14.1. The fourth-order valence-electron chi connectivity index (χ4n) is 1.05. The third-order valence-electron chi connectivity index (χ3n) is 1.55. The maximum absolute atomic E-state index is 5.61. The van der Waals surface area contributed by atoms with E-state index in [1.807, 2.05) is 0 Å². The third kappa shape index (κ3) is 3.76. The Labute approximate surface area is 77.7 Å². The van der Waals surface area contributed by atoms with Gasteiger partial charge in [-0.05, 0) is 20.3 Å². The smallest absolute Gasteiger partial charge is 0.0743 e. The van der Waals surface area contributed by atoms with E-state index in [1.54, 1.807) is 0 Å². The van der Waals surface area contributed by atoms with E-state index in [-0.39, 0.29) is 5.60 Å². The van der Waals surface area contributed by atoms with Crippen molar-refractivity contribution in [2.24, 2.45) is 0 Å². The topological polar surface area (TPSA) is 9.23 Å². The number of alkyl halides is 1. The first-order valence-electron chi connectivity index (χ1n) is 3.88. The third-order valence-corrected chi connectivity index (χ3v) is 3.17. The first-order chi connectivity index (χ1) is 4.68. The van der Waals surface area contributed by atoms with Gasteiger partial charge in [0.2, 0.25) is 0 Å². The normalized spacial score (nSPS) is 16.8. The lowest BCUT2D eigenvalue weighted by Crippen LogP contribution is -2.30. The van der Waals surface area contributed by atoms with Crippen LogP contribution in [0, 0.1) is 0 Å². The fourth-order valence-corrected chi connectivity index (χ4v) is 1.66. The second-order valence-electron chi connectivity index (χ2n) is 2.77. The van der Waals surface area contributed by atoms with Crippen LogP contribution in [0.1, 0.15) is 33.6 Å². The Kier molecular flexibility index (Phi) is 5.72. The molecule has 62 valence electrons. The first-order valence-corrected chi connectivity index (χ1v) is 5.41. The van der Waals surface area contributed by atoms with Gasteiger partial charge in [0, 0.05) is 11.0 Å². The molecule has 0 N–H and O–H groups in total. The van der Waals surface area contributed by atoms with Gasteiger partial charge in [0.1, 0.15) is 0 Å². The Hall–Kier alpha value is 0.690. The van der Waals surface area contributed by atoms with Crippen molar-refractivity contribution >= 4 is 22.6 Å². The van der Waals surface area contributed by atoms with Gasteiger partial charge in [-0.15, -0.1) is 0 Å². The van der Waals surface area contributed by atoms with Gasteiger partial charge in [-0.1, -0.05) is 35.9 Å². The molecule has 0 aliphatic rings. The Balaban J connectivity index is 3.69. The van der Waals surface area contributed by atoms with Crippen molar-refractivity contribution in [1.29, 1.82) is 0 Å². The van der Waals surface area contributed by atoms with Crippen LogP contribution < -0.4 is 0 Å². The lowest BCUT2D eigenvalue weighted by atomic mass is 10.0. The van der Waals surface area contributed by atoms with Gasteiger partial charge in [0.05, 0.1) is 5.60 Å². The van der Waals surface area contributed by atoms with Crippen LogP contribution in [-0.4, -0.2) is 16.6 Å². The van der Waals surface area contributed by atoms with E-state index in [0.29, 0.717) is 0 Å². The predicted octanol–water partition coefficient (Wildman–Crippen LogP) is 3.02. The molecule has 0 radical (unpaired) electrons. The number of hydrogen-bond donors (Lipinski definition) is 0. The second kappa shape index (κ2) is 5.35. The molecular formula is C8H17IO. The first kappa shape index (κ1) is 10.7. The zero-order valence-corrected chi connectivity index (χ0v) is 9.27. The van der Waals surface area contributed by atoms with E-state index in [9.17, 15) is 0 Å². The van der Waals surface area contributed by atoms with Crippen molar-refractivity contribution in [3.05, 3.63) is 0 Å². The largest absolute Gasteiger partial charge is 0.375 e. The summed E-state index contributed by atoms with van der Waals surface area (Å²) >= 11 is 2.39. The molecule has 1 unspecified atom stereocenters. The molecule has 0 heterocycles. The van der Waals surface area contributed by atoms with Crippen molar-refractivity contribution in [3.63, 3.8) is 0 Å². The minimum Gasteiger partial charge on any atom is -0.375 e. The van der Waals surface area contributed by atoms with E-state index in [0.717, 1.165) is 11.0 Å². The molecule has 0 aliphatic carbocycles. The van der Waals surface area contributed by atoms with Crippen molar-refractivity contribution in [3.8, 4) is 0 Å². The van der Waals surface area contributed by atoms with E-state index in [1.165, 1.54) is 12.8 Å². The zero-order chi connectivity index (χ0) is 8.04. The molecule has 0 rings (SSSR count). The van der Waals surface area contributed by atoms with Gasteiger partial charge in [-0.25, -0.2) is 0 Å². The van der Waals surface area contributed by atoms with Gasteiger partial charge in [0.15, 0.2) is 0 Å². The van der Waals surface area contributed by atoms with Crippen LogP contribution in [0.4, 0.5) is 0 Å². The number of halogens is 1. The van der Waals surface area contributed by atoms with Gasteiger partial charge >= 0.3 is 0 Å². The maximum atomic E-state index is 5.61. The summed E-state index contributed by atoms with van der Waals surface area (Å²) in [4.78, 5) is 0. The molecule has 0 amide bonds. The van der Waals surface area contributed by atoms with Crippen molar-refractivity contribution in [1.82, 2.24) is 0 Å². The van der Waals surface area contributed by atoms with Gasteiger partial charge in [0.25, 0.3) is 0 Å². The summed E-state index contributed by atoms with van der Waals surface area (Å²) in [7, 11) is 0. The van der Waals surface area contributed by atoms with Gasteiger partial charge in [-0.3, -0.25) is 0 Å². The molecule has 0 fully saturated rings. The van der Waals surface area contributed by atoms with E-state index in [4.69, 9.17) is 4.74 Å². The fraction of sp³-hybridized carbons (Fsp3) is 1.00. The van der Waals surface area contributed by atoms with Crippen LogP contribution in [0.15, 0.2) is 0 Å². The monoisotopic (exact) mass is 256 g/mol. The average molecular weight is 256 g/mol. The molecule has 0 bridgehead atoms. The Morgan fingerprint density at radius 1 is 1.40 bits per heavy atom. The molecule has 1 atom stereocenters. The SMILES string of the molecule is CCCC(C)(CI)OCC. The van der Waals surface area contributed by atoms with Crippen LogP contribution in [0.2, 0.25) is 0 Å². The highest BCUT2D eigenvalue weighted by Crippen LogP contribution is 2.19. The molecule has 0 aromatic heterocycles. The van der Waals surface area contributed by atoms with Crippen LogP contribution in [0.25, 0.3) is 0 Å². The summed E-state index contributed by atoms with van der Waals surface area (Å²) in [5.74, 6) is 0. The molecule has 0 saturated heterocycles. The minimum absolute atomic E-state index is 0.129. The molecule has 0 spiro atoms. The molecule has 1 nitrogen and oxygen atoms in total. The lowest BCUT2D eigenvalue weighted by molar-refractivity contribution is -0.0103. The zero-order valence-electron chi connectivity index (χ0n) is 7.11. The van der Waals surface area contributed by atoms with Crippen LogP contribution in [0.5, 0.6) is 0 Å². The number of hydrogen-bond acceptors (Lipinski definition) is 1. The highest BCUT2D eigenvalue weighted by Gasteiger charge is 2.20. The average Bonchev–Trinajstić information content (AvgIpc) is 1.89. The molecule has 0 aliphatic heterocycles. The summed E-state index contributed by atoms with van der Waals surface area (Å²) in [6.07, 6.45) is 2.38. The summed E-state index contributed by atoms with van der Waals surface area (Å²) < 4.78 is 6.70. The minimum atomic E-state index is 0.129. The summed E-state index contributed by atoms with van der Waals surface area (Å²) in [6.45, 7) is 7.27. The summed E-state index contributed by atoms with van der Waals surface area (Å²) in [6, 6.07) is 0. The Morgan fingerprint density at radius 2 is 2.00 bits per heavy atom. The predicted molar refractivity (Wildman–Crippen MR) is 53.8 cm³/mol. The molecule has 0 saturated carbocycles. The van der Waals surface area contributed by atoms with Gasteiger partial charge < -0.3 is 4.74 Å². The quantitative estimate of drug-likeness (QED) is 0.542. The van der Waals surface area contributed by atoms with Crippen LogP contribution in [-0.2, 0) is 4.74 Å². The van der Waals surface area contributed by atoms with Crippen molar-refractivity contribution in [2.75, 3.05) is 11.0 Å². The lowest BCUT2D eigenvalue weighted by Gasteiger charge is -2.26. The van der Waals surface area contributed by atoms with E-state index >= 15 is 0 Å². The van der Waals surface area contributed by atoms with Crippen molar-refractivity contribution in [2.45, 2.75) is 39.2 Å². The molecule has 0 aromatic carbocycles. The maximum Gasteiger partial charge on any atom is 0.0743 e. The van der Waals surface area contributed by atoms with E-state index < -0.39 is 0 Å². The Bertz CT molecular complexity index is 77.3. The summed E-state index contributed by atoms with van der Waals surface area (Å²) in [5, 5.41) is 0. The number of ether oxygens (including phenoxy) is 1. The van der Waals surface area contributed by atoms with Crippen molar-refractivity contribution < 1.29 is 4.74 Å². The second-order valence-corrected chi connectivity index (χ2v) is 3.53. The molecule has 10 heavy (non-hydrogen) atoms. The highest BCUT2D eigenvalue weighted by atomic mass is 127. The molecule has 0 aromatic rings. The molecule has 2 heteroatoms. The van der Waals surface area contributed by atoms with Crippen LogP contribution in [0.3, 0.4) is 0 Å².